The van der Waals surface area contributed by atoms with E-state index >= 15 is 0 Å². The molecule has 158 valence electrons. The Morgan fingerprint density at radius 1 is 1.00 bits per heavy atom. The first kappa shape index (κ1) is 22.5. The number of hydrogen-bond acceptors (Lipinski definition) is 4. The molecule has 6 heteroatoms. The van der Waals surface area contributed by atoms with Gasteiger partial charge in [0, 0.05) is 0 Å². The maximum absolute atomic E-state index is 13.3. The van der Waals surface area contributed by atoms with Gasteiger partial charge >= 0.3 is 0 Å². The Balaban J connectivity index is 2.22. The van der Waals surface area contributed by atoms with Crippen LogP contribution in [-0.2, 0) is 11.2 Å². The first-order valence-electron chi connectivity index (χ1n) is 9.50. The summed E-state index contributed by atoms with van der Waals surface area (Å²) in [4.78, 5) is 12.8. The molecule has 0 aliphatic heterocycles. The summed E-state index contributed by atoms with van der Waals surface area (Å²) >= 11 is 0. The van der Waals surface area contributed by atoms with Gasteiger partial charge in [-0.1, -0.05) is 32.9 Å². The average molecular weight is 403 g/mol. The molecule has 1 amide bonds. The number of halogens is 1. The molecule has 0 bridgehead atoms. The van der Waals surface area contributed by atoms with Crippen molar-refractivity contribution >= 4 is 5.91 Å². The van der Waals surface area contributed by atoms with Crippen molar-refractivity contribution in [3.8, 4) is 17.2 Å². The van der Waals surface area contributed by atoms with Crippen molar-refractivity contribution in [2.45, 2.75) is 39.7 Å². The van der Waals surface area contributed by atoms with Crippen LogP contribution in [0.3, 0.4) is 0 Å². The van der Waals surface area contributed by atoms with Gasteiger partial charge in [0.15, 0.2) is 11.5 Å². The molecule has 0 saturated heterocycles. The van der Waals surface area contributed by atoms with Crippen LogP contribution in [0.5, 0.6) is 17.2 Å². The van der Waals surface area contributed by atoms with Gasteiger partial charge in [-0.15, -0.1) is 0 Å². The number of amides is 1. The molecule has 2 rings (SSSR count). The highest BCUT2D eigenvalue weighted by molar-refractivity contribution is 5.79. The normalized spacial score (nSPS) is 12.2. The van der Waals surface area contributed by atoms with E-state index in [2.05, 4.69) is 26.1 Å². The number of carbonyl (C=O) groups is 1. The molecular formula is C23H30FNO4. The van der Waals surface area contributed by atoms with Gasteiger partial charge in [0.25, 0.3) is 0 Å². The lowest BCUT2D eigenvalue weighted by Crippen LogP contribution is -2.32. The zero-order valence-electron chi connectivity index (χ0n) is 18.0. The zero-order valence-corrected chi connectivity index (χ0v) is 18.0. The standard InChI is InChI=1S/C23H30FNO4/c1-23(2,3)14-18(16-7-9-17(24)10-8-16)25-21(26)13-15-11-19(27-4)22(29-6)20(12-15)28-5/h7-12,18H,13-14H2,1-6H3,(H,25,26). The van der Waals surface area contributed by atoms with Gasteiger partial charge in [0.2, 0.25) is 11.7 Å². The molecule has 1 atom stereocenters. The van der Waals surface area contributed by atoms with Crippen LogP contribution in [0, 0.1) is 11.2 Å². The van der Waals surface area contributed by atoms with E-state index in [1.807, 2.05) is 0 Å². The highest BCUT2D eigenvalue weighted by atomic mass is 19.1. The fourth-order valence-corrected chi connectivity index (χ4v) is 3.23. The van der Waals surface area contributed by atoms with Gasteiger partial charge in [-0.3, -0.25) is 4.79 Å². The summed E-state index contributed by atoms with van der Waals surface area (Å²) in [7, 11) is 4.61. The molecular weight excluding hydrogens is 373 g/mol. The van der Waals surface area contributed by atoms with Crippen molar-refractivity contribution in [2.24, 2.45) is 5.41 Å². The number of ether oxygens (including phenoxy) is 3. The van der Waals surface area contributed by atoms with Crippen LogP contribution in [0.25, 0.3) is 0 Å². The monoisotopic (exact) mass is 403 g/mol. The van der Waals surface area contributed by atoms with Crippen molar-refractivity contribution in [2.75, 3.05) is 21.3 Å². The van der Waals surface area contributed by atoms with E-state index < -0.39 is 0 Å². The van der Waals surface area contributed by atoms with E-state index in [0.29, 0.717) is 17.2 Å². The van der Waals surface area contributed by atoms with E-state index in [0.717, 1.165) is 17.5 Å². The maximum atomic E-state index is 13.3. The van der Waals surface area contributed by atoms with E-state index in [1.54, 1.807) is 24.3 Å². The Morgan fingerprint density at radius 3 is 2.00 bits per heavy atom. The van der Waals surface area contributed by atoms with E-state index in [-0.39, 0.29) is 29.6 Å². The quantitative estimate of drug-likeness (QED) is 0.695. The van der Waals surface area contributed by atoms with Crippen molar-refractivity contribution < 1.29 is 23.4 Å². The highest BCUT2D eigenvalue weighted by Crippen LogP contribution is 2.38. The lowest BCUT2D eigenvalue weighted by molar-refractivity contribution is -0.121. The van der Waals surface area contributed by atoms with Gasteiger partial charge in [-0.25, -0.2) is 4.39 Å². The van der Waals surface area contributed by atoms with Gasteiger partial charge in [0.1, 0.15) is 5.82 Å². The minimum atomic E-state index is -0.299. The zero-order chi connectivity index (χ0) is 21.6. The lowest BCUT2D eigenvalue weighted by atomic mass is 9.85. The van der Waals surface area contributed by atoms with Crippen LogP contribution in [-0.4, -0.2) is 27.2 Å². The van der Waals surface area contributed by atoms with Crippen LogP contribution >= 0.6 is 0 Å². The number of carbonyl (C=O) groups excluding carboxylic acids is 1. The van der Waals surface area contributed by atoms with Gasteiger partial charge in [0.05, 0.1) is 33.8 Å². The topological polar surface area (TPSA) is 56.8 Å². The molecule has 0 heterocycles. The fourth-order valence-electron chi connectivity index (χ4n) is 3.23. The number of benzene rings is 2. The second-order valence-corrected chi connectivity index (χ2v) is 8.15. The minimum absolute atomic E-state index is 0.0150. The SMILES string of the molecule is COc1cc(CC(=O)NC(CC(C)(C)C)c2ccc(F)cc2)cc(OC)c1OC. The molecule has 1 N–H and O–H groups in total. The summed E-state index contributed by atoms with van der Waals surface area (Å²) in [5, 5.41) is 3.09. The minimum Gasteiger partial charge on any atom is -0.493 e. The van der Waals surface area contributed by atoms with Crippen LogP contribution in [0.15, 0.2) is 36.4 Å². The molecule has 2 aromatic carbocycles. The molecule has 2 aromatic rings. The van der Waals surface area contributed by atoms with E-state index in [1.165, 1.54) is 33.5 Å². The van der Waals surface area contributed by atoms with Crippen molar-refractivity contribution in [1.82, 2.24) is 5.32 Å². The Morgan fingerprint density at radius 2 is 1.55 bits per heavy atom. The lowest BCUT2D eigenvalue weighted by Gasteiger charge is -2.27. The summed E-state index contributed by atoms with van der Waals surface area (Å²) in [5.41, 5.74) is 1.60. The van der Waals surface area contributed by atoms with Crippen LogP contribution in [0.1, 0.15) is 44.4 Å². The predicted molar refractivity (Wildman–Crippen MR) is 111 cm³/mol. The third kappa shape index (κ3) is 6.38. The summed E-state index contributed by atoms with van der Waals surface area (Å²) < 4.78 is 29.4. The second-order valence-electron chi connectivity index (χ2n) is 8.15. The van der Waals surface area contributed by atoms with Crippen LogP contribution in [0.4, 0.5) is 4.39 Å². The first-order valence-corrected chi connectivity index (χ1v) is 9.50. The molecule has 1 unspecified atom stereocenters. The Hall–Kier alpha value is -2.76. The molecule has 0 fully saturated rings. The molecule has 0 spiro atoms. The van der Waals surface area contributed by atoms with Gasteiger partial charge in [-0.2, -0.15) is 0 Å². The van der Waals surface area contributed by atoms with Crippen LogP contribution < -0.4 is 19.5 Å². The first-order chi connectivity index (χ1) is 13.7. The summed E-state index contributed by atoms with van der Waals surface area (Å²) in [6.07, 6.45) is 0.873. The smallest absolute Gasteiger partial charge is 0.224 e. The third-order valence-electron chi connectivity index (χ3n) is 4.51. The number of methoxy groups -OCH3 is 3. The second kappa shape index (κ2) is 9.63. The molecule has 0 radical (unpaired) electrons. The highest BCUT2D eigenvalue weighted by Gasteiger charge is 2.23. The number of nitrogens with one attached hydrogen (secondary N) is 1. The molecule has 0 aliphatic rings. The van der Waals surface area contributed by atoms with Crippen molar-refractivity contribution in [1.29, 1.82) is 0 Å². The molecule has 0 aromatic heterocycles. The molecule has 0 saturated carbocycles. The fraction of sp³-hybridized carbons (Fsp3) is 0.435. The van der Waals surface area contributed by atoms with E-state index in [4.69, 9.17) is 14.2 Å². The Bertz CT molecular complexity index is 803. The summed E-state index contributed by atoms with van der Waals surface area (Å²) in [6, 6.07) is 9.56. The third-order valence-corrected chi connectivity index (χ3v) is 4.51. The van der Waals surface area contributed by atoms with Crippen molar-refractivity contribution in [3.05, 3.63) is 53.3 Å². The van der Waals surface area contributed by atoms with Crippen molar-refractivity contribution in [3.63, 3.8) is 0 Å². The summed E-state index contributed by atoms with van der Waals surface area (Å²) in [6.45, 7) is 6.32. The average Bonchev–Trinajstić information content (AvgIpc) is 2.66. The van der Waals surface area contributed by atoms with Crippen LogP contribution in [0.2, 0.25) is 0 Å². The largest absolute Gasteiger partial charge is 0.493 e. The number of hydrogen-bond donors (Lipinski definition) is 1. The van der Waals surface area contributed by atoms with Gasteiger partial charge in [-0.05, 0) is 47.2 Å². The molecule has 29 heavy (non-hydrogen) atoms. The maximum Gasteiger partial charge on any atom is 0.224 e. The van der Waals surface area contributed by atoms with Gasteiger partial charge < -0.3 is 19.5 Å². The van der Waals surface area contributed by atoms with E-state index in [9.17, 15) is 9.18 Å². The molecule has 0 aliphatic carbocycles. The Kier molecular flexibility index (Phi) is 7.48. The number of rotatable bonds is 8. The Labute approximate surface area is 172 Å². The molecule has 5 nitrogen and oxygen atoms in total. The predicted octanol–water partition coefficient (Wildman–Crippen LogP) is 4.69. The summed E-state index contributed by atoms with van der Waals surface area (Å²) in [5.74, 6) is 1.04.